The van der Waals surface area contributed by atoms with Crippen molar-refractivity contribution in [2.75, 3.05) is 24.6 Å². The zero-order valence-corrected chi connectivity index (χ0v) is 21.0. The number of aromatic nitrogens is 2. The number of nitrogens with zero attached hydrogens (tertiary/aromatic N) is 3. The molecule has 0 spiro atoms. The minimum atomic E-state index is -1.09. The number of pyridine rings is 2. The highest BCUT2D eigenvalue weighted by Gasteiger charge is 2.37. The number of carbonyl (C=O) groups is 1. The molecule has 0 amide bonds. The van der Waals surface area contributed by atoms with Crippen molar-refractivity contribution in [1.29, 1.82) is 0 Å². The summed E-state index contributed by atoms with van der Waals surface area (Å²) in [6.45, 7) is 13.5. The zero-order valence-electron chi connectivity index (χ0n) is 20.2. The molecule has 0 unspecified atom stereocenters. The van der Waals surface area contributed by atoms with Crippen molar-refractivity contribution in [2.24, 2.45) is 5.41 Å². The Morgan fingerprint density at radius 1 is 1.24 bits per heavy atom. The molecular formula is C25H33ClFN3O3. The zero-order chi connectivity index (χ0) is 24.4. The lowest BCUT2D eigenvalue weighted by atomic mass is 9.82. The van der Waals surface area contributed by atoms with Gasteiger partial charge in [0, 0.05) is 36.6 Å². The predicted molar refractivity (Wildman–Crippen MR) is 128 cm³/mol. The van der Waals surface area contributed by atoms with E-state index < -0.39 is 23.5 Å². The van der Waals surface area contributed by atoms with Gasteiger partial charge in [-0.25, -0.2) is 14.2 Å². The third-order valence-corrected chi connectivity index (χ3v) is 6.02. The molecule has 0 N–H and O–H groups in total. The molecule has 1 aliphatic rings. The molecule has 3 rings (SSSR count). The van der Waals surface area contributed by atoms with E-state index in [9.17, 15) is 9.18 Å². The third kappa shape index (κ3) is 6.21. The molecule has 2 aromatic heterocycles. The highest BCUT2D eigenvalue weighted by atomic mass is 35.5. The van der Waals surface area contributed by atoms with Gasteiger partial charge in [-0.3, -0.25) is 4.98 Å². The van der Waals surface area contributed by atoms with Gasteiger partial charge in [-0.2, -0.15) is 0 Å². The first-order valence-electron chi connectivity index (χ1n) is 11.3. The summed E-state index contributed by atoms with van der Waals surface area (Å²) in [5, 5.41) is 0.158. The van der Waals surface area contributed by atoms with E-state index in [1.54, 1.807) is 19.3 Å². The Hall–Kier alpha value is -2.25. The normalized spacial score (nSPS) is 17.0. The van der Waals surface area contributed by atoms with E-state index in [4.69, 9.17) is 21.1 Å². The minimum Gasteiger partial charge on any atom is -0.464 e. The van der Waals surface area contributed by atoms with Crippen molar-refractivity contribution in [3.8, 4) is 11.1 Å². The Bertz CT molecular complexity index is 997. The first-order valence-corrected chi connectivity index (χ1v) is 11.7. The summed E-state index contributed by atoms with van der Waals surface area (Å²) in [5.41, 5.74) is 1.90. The highest BCUT2D eigenvalue weighted by molar-refractivity contribution is 6.31. The Morgan fingerprint density at radius 3 is 2.48 bits per heavy atom. The topological polar surface area (TPSA) is 64.5 Å². The number of halogens is 2. The average molecular weight is 478 g/mol. The summed E-state index contributed by atoms with van der Waals surface area (Å²) >= 11 is 6.65. The van der Waals surface area contributed by atoms with Crippen molar-refractivity contribution in [1.82, 2.24) is 9.97 Å². The van der Waals surface area contributed by atoms with Crippen LogP contribution in [0, 0.1) is 11.2 Å². The lowest BCUT2D eigenvalue weighted by Gasteiger charge is -2.40. The van der Waals surface area contributed by atoms with Crippen LogP contribution in [0.15, 0.2) is 24.7 Å². The molecule has 0 bridgehead atoms. The summed E-state index contributed by atoms with van der Waals surface area (Å²) in [5.74, 6) is -0.994. The maximum Gasteiger partial charge on any atom is 0.340 e. The summed E-state index contributed by atoms with van der Waals surface area (Å²) in [7, 11) is 0. The Balaban J connectivity index is 2.24. The van der Waals surface area contributed by atoms with Crippen molar-refractivity contribution in [3.63, 3.8) is 0 Å². The SMILES string of the molecule is CCOC(=O)[C@@H](OC(C)(C)C)c1c(Cl)ncc(-c2cncc(F)c2)c1N1CCC(C)(C)CC1. The number of rotatable bonds is 6. The lowest BCUT2D eigenvalue weighted by molar-refractivity contribution is -0.166. The van der Waals surface area contributed by atoms with Gasteiger partial charge in [0.1, 0.15) is 11.0 Å². The van der Waals surface area contributed by atoms with Gasteiger partial charge in [0.15, 0.2) is 6.10 Å². The van der Waals surface area contributed by atoms with Crippen LogP contribution < -0.4 is 4.90 Å². The number of anilines is 1. The van der Waals surface area contributed by atoms with Crippen LogP contribution in [0.5, 0.6) is 0 Å². The van der Waals surface area contributed by atoms with Crippen LogP contribution in [-0.4, -0.2) is 41.2 Å². The van der Waals surface area contributed by atoms with Gasteiger partial charge >= 0.3 is 5.97 Å². The molecule has 2 aromatic rings. The molecule has 1 aliphatic heterocycles. The molecule has 0 radical (unpaired) electrons. The van der Waals surface area contributed by atoms with Gasteiger partial charge in [-0.15, -0.1) is 0 Å². The van der Waals surface area contributed by atoms with Gasteiger partial charge in [0.25, 0.3) is 0 Å². The van der Waals surface area contributed by atoms with E-state index in [-0.39, 0.29) is 17.2 Å². The van der Waals surface area contributed by atoms with Crippen LogP contribution in [0.1, 0.15) is 66.1 Å². The second kappa shape index (κ2) is 9.94. The fraction of sp³-hybridized carbons (Fsp3) is 0.560. The molecule has 1 fully saturated rings. The molecule has 0 aliphatic carbocycles. The second-order valence-corrected chi connectivity index (χ2v) is 10.5. The fourth-order valence-corrected chi connectivity index (χ4v) is 4.21. The average Bonchev–Trinajstić information content (AvgIpc) is 2.72. The first kappa shape index (κ1) is 25.4. The summed E-state index contributed by atoms with van der Waals surface area (Å²) in [6.07, 6.45) is 5.17. The summed E-state index contributed by atoms with van der Waals surface area (Å²) < 4.78 is 25.6. The molecular weight excluding hydrogens is 445 g/mol. The van der Waals surface area contributed by atoms with Crippen LogP contribution in [-0.2, 0) is 14.3 Å². The Morgan fingerprint density at radius 2 is 1.91 bits per heavy atom. The molecule has 0 saturated carbocycles. The summed E-state index contributed by atoms with van der Waals surface area (Å²) in [4.78, 5) is 23.7. The number of hydrogen-bond acceptors (Lipinski definition) is 6. The lowest BCUT2D eigenvalue weighted by Crippen LogP contribution is -2.39. The number of esters is 1. The molecule has 33 heavy (non-hydrogen) atoms. The van der Waals surface area contributed by atoms with Gasteiger partial charge in [-0.05, 0) is 52.0 Å². The van der Waals surface area contributed by atoms with Crippen molar-refractivity contribution in [2.45, 2.75) is 66.1 Å². The van der Waals surface area contributed by atoms with E-state index in [0.717, 1.165) is 32.1 Å². The molecule has 0 aromatic carbocycles. The van der Waals surface area contributed by atoms with Gasteiger partial charge in [-0.1, -0.05) is 25.4 Å². The number of ether oxygens (including phenoxy) is 2. The van der Waals surface area contributed by atoms with Crippen LogP contribution >= 0.6 is 11.6 Å². The van der Waals surface area contributed by atoms with E-state index in [1.807, 2.05) is 20.8 Å². The van der Waals surface area contributed by atoms with Gasteiger partial charge in [0.2, 0.25) is 0 Å². The second-order valence-electron chi connectivity index (χ2n) is 10.1. The van der Waals surface area contributed by atoms with E-state index >= 15 is 0 Å². The largest absolute Gasteiger partial charge is 0.464 e. The standard InChI is InChI=1S/C25H33ClFN3O3/c1-7-32-23(31)21(33-24(2,3)4)19-20(30-10-8-25(5,6)9-11-30)18(15-29-22(19)26)16-12-17(27)14-28-13-16/h12-15,21H,7-11H2,1-6H3/t21-/m0/s1. The Kier molecular flexibility index (Phi) is 7.64. The predicted octanol–water partition coefficient (Wildman–Crippen LogP) is 5.98. The van der Waals surface area contributed by atoms with Crippen LogP contribution in [0.4, 0.5) is 10.1 Å². The number of piperidine rings is 1. The molecule has 180 valence electrons. The maximum absolute atomic E-state index is 14.1. The monoisotopic (exact) mass is 477 g/mol. The van der Waals surface area contributed by atoms with E-state index in [1.165, 1.54) is 6.07 Å². The number of carbonyl (C=O) groups excluding carboxylic acids is 1. The van der Waals surface area contributed by atoms with Crippen LogP contribution in [0.3, 0.4) is 0 Å². The Labute approximate surface area is 200 Å². The molecule has 1 saturated heterocycles. The quantitative estimate of drug-likeness (QED) is 0.376. The molecule has 1 atom stereocenters. The van der Waals surface area contributed by atoms with Crippen molar-refractivity contribution >= 4 is 23.3 Å². The molecule has 8 heteroatoms. The van der Waals surface area contributed by atoms with Crippen LogP contribution in [0.2, 0.25) is 5.15 Å². The highest BCUT2D eigenvalue weighted by Crippen LogP contribution is 2.44. The van der Waals surface area contributed by atoms with Crippen LogP contribution in [0.25, 0.3) is 11.1 Å². The third-order valence-electron chi connectivity index (χ3n) is 5.72. The van der Waals surface area contributed by atoms with E-state index in [2.05, 4.69) is 28.7 Å². The molecule has 6 nitrogen and oxygen atoms in total. The maximum atomic E-state index is 14.1. The van der Waals surface area contributed by atoms with E-state index in [0.29, 0.717) is 22.4 Å². The first-order chi connectivity index (χ1) is 15.4. The minimum absolute atomic E-state index is 0.158. The molecule has 3 heterocycles. The summed E-state index contributed by atoms with van der Waals surface area (Å²) in [6, 6.07) is 1.41. The van der Waals surface area contributed by atoms with Gasteiger partial charge < -0.3 is 14.4 Å². The van der Waals surface area contributed by atoms with Crippen molar-refractivity contribution < 1.29 is 18.7 Å². The van der Waals surface area contributed by atoms with Gasteiger partial charge in [0.05, 0.1) is 29.7 Å². The smallest absolute Gasteiger partial charge is 0.340 e. The van der Waals surface area contributed by atoms with Crippen molar-refractivity contribution in [3.05, 3.63) is 41.2 Å². The fourth-order valence-electron chi connectivity index (χ4n) is 3.97. The number of hydrogen-bond donors (Lipinski definition) is 0.